The van der Waals surface area contributed by atoms with Crippen molar-refractivity contribution in [1.82, 2.24) is 0 Å². The summed E-state index contributed by atoms with van der Waals surface area (Å²) in [6, 6.07) is 0. The zero-order chi connectivity index (χ0) is 24.0. The number of allylic oxidation sites excluding steroid dienone is 3. The van der Waals surface area contributed by atoms with Gasteiger partial charge in [0.05, 0.1) is 0 Å². The van der Waals surface area contributed by atoms with Crippen LogP contribution >= 0.6 is 0 Å². The minimum Gasteiger partial charge on any atom is -0.462 e. The second-order valence-corrected chi connectivity index (χ2v) is 13.0. The third-order valence-corrected chi connectivity index (χ3v) is 11.0. The summed E-state index contributed by atoms with van der Waals surface area (Å²) in [5.74, 6) is 5.49. The zero-order valence-electron chi connectivity index (χ0n) is 22.5. The topological polar surface area (TPSA) is 26.3 Å². The van der Waals surface area contributed by atoms with E-state index < -0.39 is 0 Å². The van der Waals surface area contributed by atoms with Crippen LogP contribution in [-0.2, 0) is 9.53 Å². The Labute approximate surface area is 204 Å². The Morgan fingerprint density at radius 2 is 1.91 bits per heavy atom. The molecule has 0 aromatic heterocycles. The highest BCUT2D eigenvalue weighted by Crippen LogP contribution is 2.65. The van der Waals surface area contributed by atoms with Crippen LogP contribution in [0.5, 0.6) is 0 Å². The van der Waals surface area contributed by atoms with Gasteiger partial charge in [0.2, 0.25) is 0 Å². The van der Waals surface area contributed by atoms with Crippen LogP contribution in [0.25, 0.3) is 0 Å². The molecule has 2 heteroatoms. The van der Waals surface area contributed by atoms with Gasteiger partial charge >= 0.3 is 5.97 Å². The number of carbonyl (C=O) groups excluding carboxylic acids is 1. The van der Waals surface area contributed by atoms with Gasteiger partial charge in [0.25, 0.3) is 0 Å². The van der Waals surface area contributed by atoms with Gasteiger partial charge in [-0.25, -0.2) is 0 Å². The number of carbonyl (C=O) groups is 1. The molecular formula is C31H50O2. The largest absolute Gasteiger partial charge is 0.462 e. The summed E-state index contributed by atoms with van der Waals surface area (Å²) >= 11 is 0. The Bertz CT molecular complexity index is 778. The lowest BCUT2D eigenvalue weighted by molar-refractivity contribution is -0.148. The summed E-state index contributed by atoms with van der Waals surface area (Å²) in [7, 11) is 0. The van der Waals surface area contributed by atoms with Gasteiger partial charge in [0, 0.05) is 13.3 Å². The summed E-state index contributed by atoms with van der Waals surface area (Å²) in [5, 5.41) is 0. The first-order valence-corrected chi connectivity index (χ1v) is 14.2. The predicted molar refractivity (Wildman–Crippen MR) is 138 cm³/mol. The van der Waals surface area contributed by atoms with Gasteiger partial charge in [-0.1, -0.05) is 78.2 Å². The maximum Gasteiger partial charge on any atom is 0.302 e. The molecule has 0 aromatic rings. The van der Waals surface area contributed by atoms with Gasteiger partial charge < -0.3 is 4.74 Å². The number of hydrogen-bond donors (Lipinski definition) is 0. The molecule has 0 aromatic carbocycles. The van der Waals surface area contributed by atoms with Crippen molar-refractivity contribution in [3.63, 3.8) is 0 Å². The summed E-state index contributed by atoms with van der Waals surface area (Å²) in [6.45, 7) is 16.4. The fourth-order valence-electron chi connectivity index (χ4n) is 8.98. The summed E-state index contributed by atoms with van der Waals surface area (Å²) in [6.07, 6.45) is 19.3. The molecule has 0 amide bonds. The molecule has 4 rings (SSSR count). The van der Waals surface area contributed by atoms with Crippen LogP contribution < -0.4 is 0 Å². The minimum absolute atomic E-state index is 0.0886. The Kier molecular flexibility index (Phi) is 7.24. The van der Waals surface area contributed by atoms with E-state index in [-0.39, 0.29) is 17.5 Å². The van der Waals surface area contributed by atoms with E-state index in [1.807, 2.05) is 0 Å². The molecule has 0 N–H and O–H groups in total. The highest BCUT2D eigenvalue weighted by Gasteiger charge is 2.57. The Morgan fingerprint density at radius 1 is 1.15 bits per heavy atom. The van der Waals surface area contributed by atoms with Crippen molar-refractivity contribution in [2.75, 3.05) is 0 Å². The van der Waals surface area contributed by atoms with Crippen molar-refractivity contribution < 1.29 is 9.53 Å². The van der Waals surface area contributed by atoms with Crippen molar-refractivity contribution in [1.29, 1.82) is 0 Å². The van der Waals surface area contributed by atoms with Crippen molar-refractivity contribution >= 4 is 5.97 Å². The first-order chi connectivity index (χ1) is 15.6. The van der Waals surface area contributed by atoms with Gasteiger partial charge in [-0.3, -0.25) is 4.79 Å². The Balaban J connectivity index is 1.48. The van der Waals surface area contributed by atoms with Crippen LogP contribution in [0.2, 0.25) is 0 Å². The van der Waals surface area contributed by atoms with E-state index in [0.29, 0.717) is 11.3 Å². The lowest BCUT2D eigenvalue weighted by Crippen LogP contribution is -2.48. The molecule has 9 atom stereocenters. The van der Waals surface area contributed by atoms with Crippen LogP contribution in [0.3, 0.4) is 0 Å². The quantitative estimate of drug-likeness (QED) is 0.285. The van der Waals surface area contributed by atoms with E-state index in [4.69, 9.17) is 4.74 Å². The fraction of sp³-hybridized carbons (Fsp3) is 0.839. The molecule has 0 radical (unpaired) electrons. The number of esters is 1. The second-order valence-electron chi connectivity index (χ2n) is 13.0. The average Bonchev–Trinajstić information content (AvgIpc) is 3.11. The molecule has 2 nitrogen and oxygen atoms in total. The predicted octanol–water partition coefficient (Wildman–Crippen LogP) is 8.37. The van der Waals surface area contributed by atoms with Crippen molar-refractivity contribution in [2.24, 2.45) is 52.3 Å². The lowest BCUT2D eigenvalue weighted by atomic mass is 9.49. The lowest BCUT2D eigenvalue weighted by Gasteiger charge is -2.55. The van der Waals surface area contributed by atoms with Crippen molar-refractivity contribution in [2.45, 2.75) is 112 Å². The van der Waals surface area contributed by atoms with Crippen LogP contribution in [0.4, 0.5) is 0 Å². The Morgan fingerprint density at radius 3 is 2.58 bits per heavy atom. The summed E-state index contributed by atoms with van der Waals surface area (Å²) < 4.78 is 5.61. The van der Waals surface area contributed by atoms with Crippen LogP contribution in [0.1, 0.15) is 106 Å². The van der Waals surface area contributed by atoms with E-state index >= 15 is 0 Å². The zero-order valence-corrected chi connectivity index (χ0v) is 22.5. The van der Waals surface area contributed by atoms with Gasteiger partial charge in [-0.05, 0) is 90.8 Å². The maximum absolute atomic E-state index is 11.5. The van der Waals surface area contributed by atoms with Gasteiger partial charge in [-0.2, -0.15) is 0 Å². The highest BCUT2D eigenvalue weighted by atomic mass is 16.5. The molecular weight excluding hydrogens is 404 g/mol. The van der Waals surface area contributed by atoms with Crippen LogP contribution in [0, 0.1) is 52.3 Å². The van der Waals surface area contributed by atoms with Crippen molar-refractivity contribution in [3.8, 4) is 0 Å². The molecule has 0 bridgehead atoms. The fourth-order valence-corrected chi connectivity index (χ4v) is 8.98. The molecule has 0 aliphatic heterocycles. The molecule has 0 unspecified atom stereocenters. The molecule has 0 heterocycles. The van der Waals surface area contributed by atoms with Crippen molar-refractivity contribution in [3.05, 3.63) is 23.8 Å². The van der Waals surface area contributed by atoms with Crippen LogP contribution in [0.15, 0.2) is 23.8 Å². The van der Waals surface area contributed by atoms with Gasteiger partial charge in [-0.15, -0.1) is 0 Å². The molecule has 4 aliphatic rings. The molecule has 0 spiro atoms. The van der Waals surface area contributed by atoms with Gasteiger partial charge in [0.15, 0.2) is 0 Å². The van der Waals surface area contributed by atoms with E-state index in [1.54, 1.807) is 12.5 Å². The number of fused-ring (bicyclic) bond motifs is 5. The SMILES string of the molecule is CC[C@H](CC[C@@H](C)[C@H]1CC[C@H]2[C@@H]3CC=C4C[C@@H](OC(C)=O)CC[C@]4(C)[C@H]3C=C[C@]12C)C(C)C. The third kappa shape index (κ3) is 4.50. The van der Waals surface area contributed by atoms with E-state index in [9.17, 15) is 4.79 Å². The molecule has 4 aliphatic carbocycles. The highest BCUT2D eigenvalue weighted by molar-refractivity contribution is 5.66. The molecule has 186 valence electrons. The van der Waals surface area contributed by atoms with E-state index in [0.717, 1.165) is 54.8 Å². The molecule has 33 heavy (non-hydrogen) atoms. The number of rotatable bonds is 7. The third-order valence-electron chi connectivity index (χ3n) is 11.0. The molecule has 2 fully saturated rings. The maximum atomic E-state index is 11.5. The molecule has 2 saturated carbocycles. The first-order valence-electron chi connectivity index (χ1n) is 14.2. The molecule has 0 saturated heterocycles. The normalized spacial score (nSPS) is 41.6. The standard InChI is InChI=1S/C31H50O2/c1-8-23(20(2)3)10-9-21(4)27-13-14-28-26-12-11-24-19-25(33-22(5)32)15-17-30(24,6)29(26)16-18-31(27,28)7/h11,16,18,20-21,23,25-29H,8-10,12-15,17,19H2,1-7H3/t21-,23-,25+,26+,27-,28+,29+,30+,31-/m1/s1. The number of ether oxygens (including phenoxy) is 1. The second kappa shape index (κ2) is 9.54. The average molecular weight is 455 g/mol. The number of hydrogen-bond acceptors (Lipinski definition) is 2. The van der Waals surface area contributed by atoms with E-state index in [2.05, 4.69) is 59.8 Å². The van der Waals surface area contributed by atoms with Crippen LogP contribution in [-0.4, -0.2) is 12.1 Å². The Hall–Kier alpha value is -1.05. The van der Waals surface area contributed by atoms with Gasteiger partial charge in [0.1, 0.15) is 6.10 Å². The summed E-state index contributed by atoms with van der Waals surface area (Å²) in [4.78, 5) is 11.5. The minimum atomic E-state index is -0.129. The smallest absolute Gasteiger partial charge is 0.302 e. The summed E-state index contributed by atoms with van der Waals surface area (Å²) in [5.41, 5.74) is 2.19. The monoisotopic (exact) mass is 454 g/mol. The first kappa shape index (κ1) is 25.1. The van der Waals surface area contributed by atoms with E-state index in [1.165, 1.54) is 38.5 Å².